The van der Waals surface area contributed by atoms with Gasteiger partial charge in [0.15, 0.2) is 0 Å². The van der Waals surface area contributed by atoms with Crippen LogP contribution in [-0.4, -0.2) is 22.0 Å². The summed E-state index contributed by atoms with van der Waals surface area (Å²) in [5.41, 5.74) is 1.59. The van der Waals surface area contributed by atoms with E-state index in [4.69, 9.17) is 11.6 Å². The lowest BCUT2D eigenvalue weighted by molar-refractivity contribution is 0.0698. The Balaban J connectivity index is 1.73. The van der Waals surface area contributed by atoms with Gasteiger partial charge in [0.25, 0.3) is 5.91 Å². The summed E-state index contributed by atoms with van der Waals surface area (Å²) in [6.07, 6.45) is 3.18. The molecule has 0 unspecified atom stereocenters. The Labute approximate surface area is 175 Å². The predicted molar refractivity (Wildman–Crippen MR) is 114 cm³/mol. The normalized spacial score (nSPS) is 10.7. The van der Waals surface area contributed by atoms with Gasteiger partial charge in [-0.25, -0.2) is 9.18 Å². The number of aromatic nitrogens is 1. The van der Waals surface area contributed by atoms with Gasteiger partial charge in [-0.2, -0.15) is 0 Å². The summed E-state index contributed by atoms with van der Waals surface area (Å²) >= 11 is 6.28. The Kier molecular flexibility index (Phi) is 5.16. The number of carboxylic acid groups (broad SMARTS) is 1. The molecule has 7 heteroatoms. The number of halogens is 2. The number of pyridine rings is 1. The van der Waals surface area contributed by atoms with Gasteiger partial charge in [-0.1, -0.05) is 23.7 Å². The smallest absolute Gasteiger partial charge is 0.337 e. The molecule has 0 aliphatic heterocycles. The van der Waals surface area contributed by atoms with Gasteiger partial charge in [0.05, 0.1) is 11.3 Å². The second-order valence-corrected chi connectivity index (χ2v) is 6.99. The maximum absolute atomic E-state index is 13.4. The number of hydrogen-bond acceptors (Lipinski definition) is 3. The summed E-state index contributed by atoms with van der Waals surface area (Å²) < 4.78 is 13.4. The van der Waals surface area contributed by atoms with E-state index in [0.29, 0.717) is 21.9 Å². The first-order valence-corrected chi connectivity index (χ1v) is 9.28. The number of hydrogen-bond donors (Lipinski definition) is 2. The maximum Gasteiger partial charge on any atom is 0.337 e. The first-order valence-electron chi connectivity index (χ1n) is 8.90. The third kappa shape index (κ3) is 3.86. The Morgan fingerprint density at radius 1 is 0.933 bits per heavy atom. The van der Waals surface area contributed by atoms with Gasteiger partial charge in [0.2, 0.25) is 0 Å². The second kappa shape index (κ2) is 7.93. The minimum absolute atomic E-state index is 0.114. The van der Waals surface area contributed by atoms with Crippen LogP contribution in [0.5, 0.6) is 0 Å². The number of nitrogens with one attached hydrogen (secondary N) is 1. The predicted octanol–water partition coefficient (Wildman–Crippen LogP) is 5.64. The number of carbonyl (C=O) groups excluding carboxylic acids is 1. The molecule has 0 spiro atoms. The zero-order chi connectivity index (χ0) is 21.3. The van der Waals surface area contributed by atoms with Crippen molar-refractivity contribution in [3.05, 3.63) is 95.0 Å². The van der Waals surface area contributed by atoms with Crippen molar-refractivity contribution >= 4 is 39.9 Å². The SMILES string of the molecule is O=C(Nc1cc(-c2ccncc2)c(Cl)cc1C(=O)O)c1ccc2cc(F)ccc2c1. The zero-order valence-corrected chi connectivity index (χ0v) is 16.2. The second-order valence-electron chi connectivity index (χ2n) is 6.58. The topological polar surface area (TPSA) is 79.3 Å². The Morgan fingerprint density at radius 2 is 1.63 bits per heavy atom. The number of benzene rings is 3. The van der Waals surface area contributed by atoms with Crippen molar-refractivity contribution in [1.82, 2.24) is 4.98 Å². The van der Waals surface area contributed by atoms with E-state index in [1.165, 1.54) is 24.3 Å². The first-order chi connectivity index (χ1) is 14.4. The lowest BCUT2D eigenvalue weighted by atomic mass is 10.0. The van der Waals surface area contributed by atoms with Crippen LogP contribution in [0.25, 0.3) is 21.9 Å². The largest absolute Gasteiger partial charge is 0.478 e. The molecule has 0 saturated carbocycles. The highest BCUT2D eigenvalue weighted by Crippen LogP contribution is 2.33. The van der Waals surface area contributed by atoms with Crippen molar-refractivity contribution in [1.29, 1.82) is 0 Å². The fraction of sp³-hybridized carbons (Fsp3) is 0. The van der Waals surface area contributed by atoms with E-state index < -0.39 is 11.9 Å². The number of carbonyl (C=O) groups is 2. The van der Waals surface area contributed by atoms with E-state index >= 15 is 0 Å². The molecule has 0 aliphatic carbocycles. The molecule has 3 aromatic carbocycles. The highest BCUT2D eigenvalue weighted by Gasteiger charge is 2.18. The van der Waals surface area contributed by atoms with Crippen molar-refractivity contribution in [2.75, 3.05) is 5.32 Å². The van der Waals surface area contributed by atoms with Gasteiger partial charge >= 0.3 is 5.97 Å². The third-order valence-corrected chi connectivity index (χ3v) is 4.95. The fourth-order valence-corrected chi connectivity index (χ4v) is 3.43. The van der Waals surface area contributed by atoms with Crippen molar-refractivity contribution < 1.29 is 19.1 Å². The van der Waals surface area contributed by atoms with Crippen LogP contribution in [0, 0.1) is 5.82 Å². The summed E-state index contributed by atoms with van der Waals surface area (Å²) in [6.45, 7) is 0. The summed E-state index contributed by atoms with van der Waals surface area (Å²) in [7, 11) is 0. The Hall–Kier alpha value is -3.77. The number of rotatable bonds is 4. The van der Waals surface area contributed by atoms with E-state index in [1.807, 2.05) is 0 Å². The third-order valence-electron chi connectivity index (χ3n) is 4.64. The van der Waals surface area contributed by atoms with Crippen LogP contribution in [0.1, 0.15) is 20.7 Å². The lowest BCUT2D eigenvalue weighted by Gasteiger charge is -2.13. The van der Waals surface area contributed by atoms with E-state index in [2.05, 4.69) is 10.3 Å². The molecule has 0 aliphatic rings. The summed E-state index contributed by atoms with van der Waals surface area (Å²) in [5.74, 6) is -2.08. The molecular formula is C23H14ClFN2O3. The number of amides is 1. The van der Waals surface area contributed by atoms with Gasteiger partial charge in [-0.15, -0.1) is 0 Å². The molecule has 148 valence electrons. The molecule has 0 saturated heterocycles. The van der Waals surface area contributed by atoms with Crippen LogP contribution in [0.2, 0.25) is 5.02 Å². The molecule has 0 atom stereocenters. The Morgan fingerprint density at radius 3 is 2.37 bits per heavy atom. The van der Waals surface area contributed by atoms with Crippen molar-refractivity contribution in [3.63, 3.8) is 0 Å². The van der Waals surface area contributed by atoms with Gasteiger partial charge in [0, 0.05) is 28.5 Å². The number of nitrogens with zero attached hydrogens (tertiary/aromatic N) is 1. The van der Waals surface area contributed by atoms with Crippen molar-refractivity contribution in [3.8, 4) is 11.1 Å². The van der Waals surface area contributed by atoms with Gasteiger partial charge in [-0.3, -0.25) is 9.78 Å². The van der Waals surface area contributed by atoms with Gasteiger partial charge in [0.1, 0.15) is 5.82 Å². The average Bonchev–Trinajstić information content (AvgIpc) is 2.74. The molecule has 4 rings (SSSR count). The van der Waals surface area contributed by atoms with E-state index in [-0.39, 0.29) is 22.1 Å². The zero-order valence-electron chi connectivity index (χ0n) is 15.4. The van der Waals surface area contributed by atoms with E-state index in [9.17, 15) is 19.1 Å². The van der Waals surface area contributed by atoms with Crippen LogP contribution < -0.4 is 5.32 Å². The van der Waals surface area contributed by atoms with Crippen LogP contribution >= 0.6 is 11.6 Å². The highest BCUT2D eigenvalue weighted by atomic mass is 35.5. The van der Waals surface area contributed by atoms with Crippen LogP contribution in [0.15, 0.2) is 73.1 Å². The van der Waals surface area contributed by atoms with Crippen LogP contribution in [0.3, 0.4) is 0 Å². The lowest BCUT2D eigenvalue weighted by Crippen LogP contribution is -2.15. The molecule has 1 amide bonds. The standard InChI is InChI=1S/C23H14ClFN2O3/c24-20-11-19(23(29)30)21(12-18(20)13-5-7-26-8-6-13)27-22(28)16-2-1-15-10-17(25)4-3-14(15)9-16/h1-12H,(H,27,28)(H,29,30). The number of anilines is 1. The molecular weight excluding hydrogens is 407 g/mol. The summed E-state index contributed by atoms with van der Waals surface area (Å²) in [5, 5.41) is 13.8. The molecule has 0 fully saturated rings. The minimum atomic E-state index is -1.22. The number of carboxylic acids is 1. The van der Waals surface area contributed by atoms with E-state index in [0.717, 1.165) is 5.56 Å². The maximum atomic E-state index is 13.4. The summed E-state index contributed by atoms with van der Waals surface area (Å²) in [6, 6.07) is 15.4. The molecule has 0 bridgehead atoms. The minimum Gasteiger partial charge on any atom is -0.478 e. The number of aromatic carboxylic acids is 1. The molecule has 0 radical (unpaired) electrons. The highest BCUT2D eigenvalue weighted by molar-refractivity contribution is 6.34. The van der Waals surface area contributed by atoms with E-state index in [1.54, 1.807) is 48.8 Å². The van der Waals surface area contributed by atoms with Gasteiger partial charge in [-0.05, 0) is 64.9 Å². The van der Waals surface area contributed by atoms with Crippen LogP contribution in [0.4, 0.5) is 10.1 Å². The molecule has 1 aromatic heterocycles. The molecule has 2 N–H and O–H groups in total. The molecule has 30 heavy (non-hydrogen) atoms. The average molecular weight is 421 g/mol. The number of fused-ring (bicyclic) bond motifs is 1. The molecule has 1 heterocycles. The van der Waals surface area contributed by atoms with Crippen LogP contribution in [-0.2, 0) is 0 Å². The van der Waals surface area contributed by atoms with Crippen molar-refractivity contribution in [2.45, 2.75) is 0 Å². The molecule has 5 nitrogen and oxygen atoms in total. The molecule has 4 aromatic rings. The fourth-order valence-electron chi connectivity index (χ4n) is 3.16. The first kappa shape index (κ1) is 19.5. The monoisotopic (exact) mass is 420 g/mol. The van der Waals surface area contributed by atoms with Crippen molar-refractivity contribution in [2.24, 2.45) is 0 Å². The van der Waals surface area contributed by atoms with Gasteiger partial charge < -0.3 is 10.4 Å². The quantitative estimate of drug-likeness (QED) is 0.447. The Bertz CT molecular complexity index is 1290. The summed E-state index contributed by atoms with van der Waals surface area (Å²) in [4.78, 5) is 28.5.